The van der Waals surface area contributed by atoms with Crippen LogP contribution in [-0.2, 0) is 11.3 Å². The van der Waals surface area contributed by atoms with E-state index in [2.05, 4.69) is 43.4 Å². The highest BCUT2D eigenvalue weighted by Crippen LogP contribution is 2.10. The van der Waals surface area contributed by atoms with Crippen LogP contribution < -0.4 is 11.1 Å². The van der Waals surface area contributed by atoms with Gasteiger partial charge in [0, 0.05) is 25.4 Å². The molecule has 0 spiro atoms. The number of hydrogen-bond acceptors (Lipinski definition) is 3. The van der Waals surface area contributed by atoms with E-state index in [1.54, 1.807) is 7.11 Å². The Hall–Kier alpha value is -1.06. The minimum atomic E-state index is 0.193. The fourth-order valence-electron chi connectivity index (χ4n) is 1.36. The molecule has 0 aliphatic rings. The second kappa shape index (κ2) is 6.51. The smallest absolute Gasteiger partial charge is 0.0713 e. The normalized spacial score (nSPS) is 12.8. The van der Waals surface area contributed by atoms with Crippen LogP contribution in [0.4, 0.5) is 5.69 Å². The molecule has 0 saturated carbocycles. The van der Waals surface area contributed by atoms with Crippen molar-refractivity contribution in [3.05, 3.63) is 29.8 Å². The lowest BCUT2D eigenvalue weighted by Crippen LogP contribution is -2.33. The lowest BCUT2D eigenvalue weighted by atomic mass is 10.1. The molecule has 0 aliphatic carbocycles. The Morgan fingerprint density at radius 1 is 1.25 bits per heavy atom. The van der Waals surface area contributed by atoms with E-state index >= 15 is 0 Å². The molecular formula is C13H22N2O. The molecule has 0 heterocycles. The Bertz CT molecular complexity index is 295. The summed E-state index contributed by atoms with van der Waals surface area (Å²) in [5.41, 5.74) is 8.25. The average Bonchev–Trinajstić information content (AvgIpc) is 2.28. The Balaban J connectivity index is 2.43. The summed E-state index contributed by atoms with van der Waals surface area (Å²) in [5, 5.41) is 3.33. The van der Waals surface area contributed by atoms with Gasteiger partial charge in [0.2, 0.25) is 0 Å². The van der Waals surface area contributed by atoms with Gasteiger partial charge in [0.25, 0.3) is 0 Å². The van der Waals surface area contributed by atoms with Gasteiger partial charge in [-0.15, -0.1) is 0 Å². The van der Waals surface area contributed by atoms with E-state index in [1.807, 2.05) is 0 Å². The van der Waals surface area contributed by atoms with E-state index < -0.39 is 0 Å². The maximum Gasteiger partial charge on any atom is 0.0713 e. The monoisotopic (exact) mass is 222 g/mol. The second-order valence-electron chi connectivity index (χ2n) is 4.42. The zero-order valence-corrected chi connectivity index (χ0v) is 10.4. The molecule has 3 heteroatoms. The fraction of sp³-hybridized carbons (Fsp3) is 0.538. The van der Waals surface area contributed by atoms with Crippen LogP contribution in [0.3, 0.4) is 0 Å². The van der Waals surface area contributed by atoms with Crippen molar-refractivity contribution in [2.75, 3.05) is 19.0 Å². The van der Waals surface area contributed by atoms with Crippen LogP contribution >= 0.6 is 0 Å². The highest BCUT2D eigenvalue weighted by Gasteiger charge is 2.06. The van der Waals surface area contributed by atoms with Crippen LogP contribution in [0.1, 0.15) is 19.4 Å². The maximum atomic E-state index is 5.96. The summed E-state index contributed by atoms with van der Waals surface area (Å²) >= 11 is 0. The maximum absolute atomic E-state index is 5.96. The summed E-state index contributed by atoms with van der Waals surface area (Å²) in [5.74, 6) is 0.500. The molecule has 0 bridgehead atoms. The van der Waals surface area contributed by atoms with Gasteiger partial charge < -0.3 is 15.8 Å². The third-order valence-corrected chi connectivity index (χ3v) is 2.66. The van der Waals surface area contributed by atoms with Gasteiger partial charge in [-0.2, -0.15) is 0 Å². The zero-order valence-electron chi connectivity index (χ0n) is 10.4. The SMILES string of the molecule is COCc1ccc(NCC(N)C(C)C)cc1. The largest absolute Gasteiger partial charge is 0.383 e. The molecule has 0 aliphatic heterocycles. The number of methoxy groups -OCH3 is 1. The average molecular weight is 222 g/mol. The Labute approximate surface area is 98.0 Å². The lowest BCUT2D eigenvalue weighted by Gasteiger charge is -2.17. The summed E-state index contributed by atoms with van der Waals surface area (Å²) in [4.78, 5) is 0. The van der Waals surface area contributed by atoms with Gasteiger partial charge in [-0.05, 0) is 23.6 Å². The molecular weight excluding hydrogens is 200 g/mol. The van der Waals surface area contributed by atoms with Crippen LogP contribution in [0.5, 0.6) is 0 Å². The minimum Gasteiger partial charge on any atom is -0.383 e. The molecule has 1 rings (SSSR count). The van der Waals surface area contributed by atoms with E-state index in [0.29, 0.717) is 12.5 Å². The molecule has 1 atom stereocenters. The number of ether oxygens (including phenoxy) is 1. The lowest BCUT2D eigenvalue weighted by molar-refractivity contribution is 0.185. The number of nitrogens with one attached hydrogen (secondary N) is 1. The molecule has 3 N–H and O–H groups in total. The molecule has 0 saturated heterocycles. The van der Waals surface area contributed by atoms with Crippen molar-refractivity contribution in [3.63, 3.8) is 0 Å². The summed E-state index contributed by atoms with van der Waals surface area (Å²) in [6.07, 6.45) is 0. The van der Waals surface area contributed by atoms with Gasteiger partial charge in [0.05, 0.1) is 6.61 Å². The van der Waals surface area contributed by atoms with E-state index in [0.717, 1.165) is 12.2 Å². The van der Waals surface area contributed by atoms with Crippen molar-refractivity contribution in [2.24, 2.45) is 11.7 Å². The molecule has 0 aromatic heterocycles. The van der Waals surface area contributed by atoms with Crippen molar-refractivity contribution in [1.29, 1.82) is 0 Å². The van der Waals surface area contributed by atoms with Crippen LogP contribution in [0, 0.1) is 5.92 Å². The summed E-state index contributed by atoms with van der Waals surface area (Å²) < 4.78 is 5.06. The quantitative estimate of drug-likeness (QED) is 0.776. The highest BCUT2D eigenvalue weighted by molar-refractivity contribution is 5.44. The van der Waals surface area contributed by atoms with Crippen molar-refractivity contribution in [1.82, 2.24) is 0 Å². The van der Waals surface area contributed by atoms with Crippen molar-refractivity contribution in [2.45, 2.75) is 26.5 Å². The molecule has 0 fully saturated rings. The fourth-order valence-corrected chi connectivity index (χ4v) is 1.36. The topological polar surface area (TPSA) is 47.3 Å². The molecule has 90 valence electrons. The van der Waals surface area contributed by atoms with E-state index in [4.69, 9.17) is 10.5 Å². The van der Waals surface area contributed by atoms with Gasteiger partial charge >= 0.3 is 0 Å². The number of benzene rings is 1. The van der Waals surface area contributed by atoms with Crippen molar-refractivity contribution in [3.8, 4) is 0 Å². The summed E-state index contributed by atoms with van der Waals surface area (Å²) in [7, 11) is 1.70. The zero-order chi connectivity index (χ0) is 12.0. The van der Waals surface area contributed by atoms with Crippen LogP contribution in [0.2, 0.25) is 0 Å². The molecule has 1 aromatic rings. The molecule has 16 heavy (non-hydrogen) atoms. The molecule has 3 nitrogen and oxygen atoms in total. The minimum absolute atomic E-state index is 0.193. The number of anilines is 1. The van der Waals surface area contributed by atoms with Crippen LogP contribution in [0.25, 0.3) is 0 Å². The third kappa shape index (κ3) is 4.21. The third-order valence-electron chi connectivity index (χ3n) is 2.66. The first kappa shape index (κ1) is 13.0. The van der Waals surface area contributed by atoms with Gasteiger partial charge in [-0.3, -0.25) is 0 Å². The van der Waals surface area contributed by atoms with Crippen molar-refractivity contribution < 1.29 is 4.74 Å². The number of hydrogen-bond donors (Lipinski definition) is 2. The van der Waals surface area contributed by atoms with Crippen LogP contribution in [0.15, 0.2) is 24.3 Å². The Morgan fingerprint density at radius 2 is 1.88 bits per heavy atom. The molecule has 0 amide bonds. The summed E-state index contributed by atoms with van der Waals surface area (Å²) in [6.45, 7) is 5.73. The van der Waals surface area contributed by atoms with Gasteiger partial charge in [0.1, 0.15) is 0 Å². The molecule has 0 radical (unpaired) electrons. The van der Waals surface area contributed by atoms with Gasteiger partial charge in [0.15, 0.2) is 0 Å². The summed E-state index contributed by atoms with van der Waals surface area (Å²) in [6, 6.07) is 8.43. The molecule has 1 unspecified atom stereocenters. The number of rotatable bonds is 6. The standard InChI is InChI=1S/C13H22N2O/c1-10(2)13(14)8-15-12-6-4-11(5-7-12)9-16-3/h4-7,10,13,15H,8-9,14H2,1-3H3. The van der Waals surface area contributed by atoms with E-state index in [9.17, 15) is 0 Å². The van der Waals surface area contributed by atoms with Gasteiger partial charge in [-0.1, -0.05) is 26.0 Å². The second-order valence-corrected chi connectivity index (χ2v) is 4.42. The Kier molecular flexibility index (Phi) is 5.29. The first-order chi connectivity index (χ1) is 7.63. The van der Waals surface area contributed by atoms with Crippen molar-refractivity contribution >= 4 is 5.69 Å². The van der Waals surface area contributed by atoms with Gasteiger partial charge in [-0.25, -0.2) is 0 Å². The Morgan fingerprint density at radius 3 is 2.38 bits per heavy atom. The number of nitrogens with two attached hydrogens (primary N) is 1. The predicted molar refractivity (Wildman–Crippen MR) is 68.5 cm³/mol. The van der Waals surface area contributed by atoms with E-state index in [1.165, 1.54) is 5.56 Å². The molecule has 1 aromatic carbocycles. The first-order valence-corrected chi connectivity index (χ1v) is 5.71. The first-order valence-electron chi connectivity index (χ1n) is 5.71. The predicted octanol–water partition coefficient (Wildman–Crippen LogP) is 2.23. The van der Waals surface area contributed by atoms with Crippen LogP contribution in [-0.4, -0.2) is 19.7 Å². The highest BCUT2D eigenvalue weighted by atomic mass is 16.5. The van der Waals surface area contributed by atoms with E-state index in [-0.39, 0.29) is 6.04 Å².